The molecule has 35 heavy (non-hydrogen) atoms. The van der Waals surface area contributed by atoms with Gasteiger partial charge < -0.3 is 21.1 Å². The van der Waals surface area contributed by atoms with Crippen LogP contribution in [0.1, 0.15) is 27.1 Å². The van der Waals surface area contributed by atoms with Crippen molar-refractivity contribution in [3.63, 3.8) is 0 Å². The number of carbonyl (C=O) groups excluding carboxylic acids is 5. The molecule has 11 heteroatoms. The number of carbonyl (C=O) groups is 5. The molecule has 1 amide bonds. The molecule has 0 aliphatic heterocycles. The van der Waals surface area contributed by atoms with Gasteiger partial charge in [-0.1, -0.05) is 84.6 Å². The summed E-state index contributed by atoms with van der Waals surface area (Å²) >= 11 is 5.94. The van der Waals surface area contributed by atoms with E-state index in [4.69, 9.17) is 18.0 Å². The summed E-state index contributed by atoms with van der Waals surface area (Å²) in [6, 6.07) is 14.1. The SMILES string of the molecule is COC(=O)C(N)C(=O)[C@H](CSC(=O)c1ccccc1)NC(=O)CNC(=S)CC(=O)c1ccccc1. The van der Waals surface area contributed by atoms with Crippen LogP contribution in [0.15, 0.2) is 60.7 Å². The van der Waals surface area contributed by atoms with Gasteiger partial charge in [-0.3, -0.25) is 19.2 Å². The highest BCUT2D eigenvalue weighted by molar-refractivity contribution is 8.14. The number of Topliss-reactive ketones (excluding diaryl/α,β-unsaturated/α-hetero) is 2. The molecule has 0 saturated carbocycles. The molecule has 0 aliphatic carbocycles. The lowest BCUT2D eigenvalue weighted by Crippen LogP contribution is -2.54. The quantitative estimate of drug-likeness (QED) is 0.164. The molecule has 0 aliphatic rings. The van der Waals surface area contributed by atoms with Crippen LogP contribution in [-0.2, 0) is 19.1 Å². The topological polar surface area (TPSA) is 145 Å². The third-order valence-corrected chi connectivity index (χ3v) is 5.98. The Hall–Kier alpha value is -3.41. The summed E-state index contributed by atoms with van der Waals surface area (Å²) in [6.45, 7) is -0.324. The van der Waals surface area contributed by atoms with Crippen molar-refractivity contribution in [2.45, 2.75) is 18.5 Å². The number of benzene rings is 2. The zero-order chi connectivity index (χ0) is 25.8. The van der Waals surface area contributed by atoms with Crippen LogP contribution in [0.3, 0.4) is 0 Å². The molecule has 0 heterocycles. The van der Waals surface area contributed by atoms with Gasteiger partial charge >= 0.3 is 5.97 Å². The Morgan fingerprint density at radius 2 is 1.54 bits per heavy atom. The highest BCUT2D eigenvalue weighted by Gasteiger charge is 2.32. The van der Waals surface area contributed by atoms with E-state index in [1.807, 2.05) is 0 Å². The van der Waals surface area contributed by atoms with Crippen molar-refractivity contribution < 1.29 is 28.7 Å². The molecule has 2 atom stereocenters. The second kappa shape index (κ2) is 14.1. The van der Waals surface area contributed by atoms with Crippen molar-refractivity contribution in [3.05, 3.63) is 71.8 Å². The minimum absolute atomic E-state index is 0.0936. The predicted molar refractivity (Wildman–Crippen MR) is 136 cm³/mol. The first kappa shape index (κ1) is 27.8. The van der Waals surface area contributed by atoms with Gasteiger partial charge in [0, 0.05) is 16.9 Å². The fourth-order valence-electron chi connectivity index (χ4n) is 2.83. The van der Waals surface area contributed by atoms with E-state index in [2.05, 4.69) is 15.4 Å². The number of esters is 1. The summed E-state index contributed by atoms with van der Waals surface area (Å²) in [5.41, 5.74) is 6.56. The predicted octanol–water partition coefficient (Wildman–Crippen LogP) is 1.30. The molecule has 9 nitrogen and oxygen atoms in total. The minimum atomic E-state index is -1.63. The molecular weight excluding hydrogens is 490 g/mol. The molecule has 0 radical (unpaired) electrons. The van der Waals surface area contributed by atoms with Gasteiger partial charge in [-0.25, -0.2) is 4.79 Å². The van der Waals surface area contributed by atoms with Gasteiger partial charge in [0.05, 0.1) is 31.1 Å². The molecule has 0 bridgehead atoms. The van der Waals surface area contributed by atoms with Crippen LogP contribution in [0, 0.1) is 0 Å². The van der Waals surface area contributed by atoms with E-state index in [1.165, 1.54) is 0 Å². The first-order valence-electron chi connectivity index (χ1n) is 10.5. The summed E-state index contributed by atoms with van der Waals surface area (Å²) in [6.07, 6.45) is -0.0936. The Kier molecular flexibility index (Phi) is 11.2. The van der Waals surface area contributed by atoms with Crippen LogP contribution in [0.4, 0.5) is 0 Å². The first-order valence-corrected chi connectivity index (χ1v) is 11.9. The molecule has 184 valence electrons. The fourth-order valence-corrected chi connectivity index (χ4v) is 3.90. The monoisotopic (exact) mass is 515 g/mol. The first-order chi connectivity index (χ1) is 16.7. The second-order valence-corrected chi connectivity index (χ2v) is 8.72. The summed E-state index contributed by atoms with van der Waals surface area (Å²) in [5.74, 6) is -2.77. The minimum Gasteiger partial charge on any atom is -0.468 e. The van der Waals surface area contributed by atoms with Crippen LogP contribution >= 0.6 is 24.0 Å². The van der Waals surface area contributed by atoms with Gasteiger partial charge in [-0.15, -0.1) is 0 Å². The van der Waals surface area contributed by atoms with E-state index >= 15 is 0 Å². The molecule has 0 aromatic heterocycles. The van der Waals surface area contributed by atoms with Crippen molar-refractivity contribution in [1.29, 1.82) is 0 Å². The number of hydrogen-bond donors (Lipinski definition) is 3. The Labute approximate surface area is 212 Å². The van der Waals surface area contributed by atoms with Crippen LogP contribution in [0.5, 0.6) is 0 Å². The summed E-state index contributed by atoms with van der Waals surface area (Å²) in [4.78, 5) is 61.7. The van der Waals surface area contributed by atoms with Gasteiger partial charge in [0.1, 0.15) is 0 Å². The molecule has 2 aromatic carbocycles. The largest absolute Gasteiger partial charge is 0.468 e. The molecule has 0 saturated heterocycles. The smallest absolute Gasteiger partial charge is 0.330 e. The molecule has 0 fully saturated rings. The Balaban J connectivity index is 1.96. The number of ketones is 2. The van der Waals surface area contributed by atoms with Crippen molar-refractivity contribution in [2.75, 3.05) is 19.4 Å². The van der Waals surface area contributed by atoms with Crippen molar-refractivity contribution in [3.8, 4) is 0 Å². The number of nitrogens with two attached hydrogens (primary N) is 1. The lowest BCUT2D eigenvalue weighted by molar-refractivity contribution is -0.146. The standard InChI is InChI=1S/C24H25N3O6S2/c1-33-23(31)21(25)22(30)17(14-35-24(32)16-10-6-3-7-11-16)27-19(29)13-26-20(34)12-18(28)15-8-4-2-5-9-15/h2-11,17,21H,12-14,25H2,1H3,(H,26,34)(H,27,29)/t17-,21?/m0/s1. The van der Waals surface area contributed by atoms with Crippen molar-refractivity contribution in [1.82, 2.24) is 10.6 Å². The maximum atomic E-state index is 12.7. The molecule has 2 aromatic rings. The van der Waals surface area contributed by atoms with Gasteiger partial charge in [-0.05, 0) is 0 Å². The average molecular weight is 516 g/mol. The number of ether oxygens (including phenoxy) is 1. The normalized spacial score (nSPS) is 12.1. The van der Waals surface area contributed by atoms with Crippen LogP contribution in [0.2, 0.25) is 0 Å². The highest BCUT2D eigenvalue weighted by Crippen LogP contribution is 2.14. The summed E-state index contributed by atoms with van der Waals surface area (Å²) in [7, 11) is 1.08. The third-order valence-electron chi connectivity index (χ3n) is 4.69. The highest BCUT2D eigenvalue weighted by atomic mass is 32.2. The lowest BCUT2D eigenvalue weighted by Gasteiger charge is -2.20. The number of thioether (sulfide) groups is 1. The number of nitrogens with one attached hydrogen (secondary N) is 2. The van der Waals surface area contributed by atoms with Crippen molar-refractivity contribution in [2.24, 2.45) is 5.73 Å². The van der Waals surface area contributed by atoms with Crippen molar-refractivity contribution >= 4 is 57.5 Å². The number of thiocarbonyl (C=S) groups is 1. The molecule has 4 N–H and O–H groups in total. The molecule has 0 spiro atoms. The van der Waals surface area contributed by atoms with Gasteiger partial charge in [0.2, 0.25) is 11.0 Å². The number of hydrogen-bond acceptors (Lipinski definition) is 9. The number of rotatable bonds is 12. The fraction of sp³-hybridized carbons (Fsp3) is 0.250. The average Bonchev–Trinajstić information content (AvgIpc) is 2.89. The Morgan fingerprint density at radius 1 is 0.971 bits per heavy atom. The van der Waals surface area contributed by atoms with Crippen LogP contribution in [0.25, 0.3) is 0 Å². The van der Waals surface area contributed by atoms with Crippen LogP contribution < -0.4 is 16.4 Å². The van der Waals surface area contributed by atoms with Gasteiger partial charge in [0.25, 0.3) is 0 Å². The number of methoxy groups -OCH3 is 1. The van der Waals surface area contributed by atoms with E-state index in [9.17, 15) is 24.0 Å². The van der Waals surface area contributed by atoms with E-state index in [-0.39, 0.29) is 34.6 Å². The van der Waals surface area contributed by atoms with Gasteiger partial charge in [-0.2, -0.15) is 0 Å². The Bertz CT molecular complexity index is 1080. The lowest BCUT2D eigenvalue weighted by atomic mass is 10.1. The maximum absolute atomic E-state index is 12.7. The molecular formula is C24H25N3O6S2. The molecule has 1 unspecified atom stereocenters. The van der Waals surface area contributed by atoms with Crippen LogP contribution in [-0.4, -0.2) is 65.0 Å². The zero-order valence-corrected chi connectivity index (χ0v) is 20.5. The van der Waals surface area contributed by atoms with E-state index in [0.29, 0.717) is 11.1 Å². The second-order valence-electron chi connectivity index (χ2n) is 7.23. The Morgan fingerprint density at radius 3 is 2.11 bits per heavy atom. The van der Waals surface area contributed by atoms with Gasteiger partial charge in [0.15, 0.2) is 17.6 Å². The molecule has 2 rings (SSSR count). The summed E-state index contributed by atoms with van der Waals surface area (Å²) in [5, 5.41) is 4.82. The van der Waals surface area contributed by atoms with E-state index < -0.39 is 29.7 Å². The third kappa shape index (κ3) is 9.04. The van der Waals surface area contributed by atoms with E-state index in [1.54, 1.807) is 60.7 Å². The number of amides is 1. The summed E-state index contributed by atoms with van der Waals surface area (Å²) < 4.78 is 4.50. The maximum Gasteiger partial charge on any atom is 0.330 e. The van der Waals surface area contributed by atoms with E-state index in [0.717, 1.165) is 18.9 Å². The zero-order valence-electron chi connectivity index (χ0n) is 18.9.